The van der Waals surface area contributed by atoms with Gasteiger partial charge in [-0.25, -0.2) is 0 Å². The van der Waals surface area contributed by atoms with Crippen molar-refractivity contribution in [2.75, 3.05) is 9.80 Å². The van der Waals surface area contributed by atoms with E-state index in [9.17, 15) is 0 Å². The number of furan rings is 1. The van der Waals surface area contributed by atoms with Crippen molar-refractivity contribution in [1.82, 2.24) is 0 Å². The van der Waals surface area contributed by atoms with Gasteiger partial charge >= 0.3 is 0 Å². The van der Waals surface area contributed by atoms with Crippen LogP contribution in [0.2, 0.25) is 0 Å². The fraction of sp³-hybridized carbons (Fsp3) is 0.0217. The zero-order valence-corrected chi connectivity index (χ0v) is 52.1. The lowest BCUT2D eigenvalue weighted by Crippen LogP contribution is -2.61. The Morgan fingerprint density at radius 2 is 0.583 bits per heavy atom. The lowest BCUT2D eigenvalue weighted by Gasteiger charge is -2.46. The van der Waals surface area contributed by atoms with Crippen LogP contribution >= 0.6 is 0 Å². The molecule has 4 heteroatoms. The van der Waals surface area contributed by atoms with Crippen LogP contribution in [0.5, 0.6) is 0 Å². The van der Waals surface area contributed by atoms with E-state index in [-0.39, 0.29) is 6.71 Å². The lowest BCUT2D eigenvalue weighted by molar-refractivity contribution is 0.669. The van der Waals surface area contributed by atoms with Crippen molar-refractivity contribution in [3.8, 4) is 77.9 Å². The number of hydrogen-bond acceptors (Lipinski definition) is 3. The molecular weight excluding hydrogens is 1160 g/mol. The largest absolute Gasteiger partial charge is 0.456 e. The summed E-state index contributed by atoms with van der Waals surface area (Å²) in [7, 11) is 0. The third-order valence-corrected chi connectivity index (χ3v) is 22.5. The van der Waals surface area contributed by atoms with Crippen LogP contribution in [0.1, 0.15) is 44.5 Å². The molecule has 22 rings (SSSR count). The Morgan fingerprint density at radius 1 is 0.229 bits per heavy atom. The molecule has 16 aromatic rings. The summed E-state index contributed by atoms with van der Waals surface area (Å²) < 4.78 is 6.63. The van der Waals surface area contributed by atoms with Gasteiger partial charge in [0.2, 0.25) is 0 Å². The molecule has 2 spiro atoms. The van der Waals surface area contributed by atoms with Crippen LogP contribution in [0.3, 0.4) is 0 Å². The van der Waals surface area contributed by atoms with Crippen molar-refractivity contribution in [2.45, 2.75) is 10.8 Å². The van der Waals surface area contributed by atoms with Crippen molar-refractivity contribution in [1.29, 1.82) is 0 Å². The SMILES string of the molecule is c1ccc(-c2ccc3c(c2)B2c4cc(-c5ccccc5)ccc4N(c4cccc5c4C4(c6ccccc6-c6ccccc64)c4ccccc4-5)c4cc(-c5ccc6oc7ccccc7c6c5)cc(c42)N3c2cccc3c2C2(c4ccccc4-c4ccccc42)c2ccccc2-3)cc1. The van der Waals surface area contributed by atoms with E-state index in [0.29, 0.717) is 0 Å². The van der Waals surface area contributed by atoms with Crippen molar-refractivity contribution in [3.05, 3.63) is 378 Å². The van der Waals surface area contributed by atoms with Gasteiger partial charge in [0.25, 0.3) is 6.71 Å². The lowest BCUT2D eigenvalue weighted by atomic mass is 9.33. The van der Waals surface area contributed by atoms with Gasteiger partial charge in [-0.05, 0) is 182 Å². The van der Waals surface area contributed by atoms with Gasteiger partial charge in [-0.15, -0.1) is 0 Å². The molecule has 442 valence electrons. The highest BCUT2D eigenvalue weighted by Crippen LogP contribution is 2.68. The fourth-order valence-corrected chi connectivity index (χ4v) is 18.9. The Morgan fingerprint density at radius 3 is 1.03 bits per heavy atom. The summed E-state index contributed by atoms with van der Waals surface area (Å²) in [6.07, 6.45) is 0. The maximum Gasteiger partial charge on any atom is 0.252 e. The first-order chi connectivity index (χ1) is 47.6. The molecule has 0 atom stereocenters. The minimum Gasteiger partial charge on any atom is -0.456 e. The second-order valence-corrected chi connectivity index (χ2v) is 26.8. The van der Waals surface area contributed by atoms with E-state index < -0.39 is 10.8 Å². The van der Waals surface area contributed by atoms with E-state index in [1.165, 1.54) is 128 Å². The van der Waals surface area contributed by atoms with Crippen LogP contribution < -0.4 is 26.2 Å². The van der Waals surface area contributed by atoms with E-state index in [4.69, 9.17) is 4.42 Å². The number of nitrogens with zero attached hydrogens (tertiary/aromatic N) is 2. The number of rotatable bonds is 5. The molecule has 3 heterocycles. The van der Waals surface area contributed by atoms with Crippen LogP contribution in [-0.4, -0.2) is 6.71 Å². The minimum absolute atomic E-state index is 0.221. The Bertz CT molecular complexity index is 5640. The van der Waals surface area contributed by atoms with Crippen LogP contribution in [-0.2, 0) is 10.8 Å². The first kappa shape index (κ1) is 52.3. The summed E-state index contributed by atoms with van der Waals surface area (Å²) >= 11 is 0. The highest BCUT2D eigenvalue weighted by molar-refractivity contribution is 7.00. The van der Waals surface area contributed by atoms with Crippen LogP contribution in [0.25, 0.3) is 99.8 Å². The van der Waals surface area contributed by atoms with E-state index in [1.807, 2.05) is 0 Å². The molecule has 0 saturated carbocycles. The molecule has 3 nitrogen and oxygen atoms in total. The minimum atomic E-state index is -0.646. The molecule has 0 amide bonds. The molecule has 2 aliphatic heterocycles. The number of para-hydroxylation sites is 1. The third kappa shape index (κ3) is 6.62. The summed E-state index contributed by atoms with van der Waals surface area (Å²) in [6, 6.07) is 127. The zero-order chi connectivity index (χ0) is 62.5. The number of benzene rings is 15. The number of hydrogen-bond donors (Lipinski definition) is 0. The molecule has 0 fully saturated rings. The monoisotopic (exact) mass is 1210 g/mol. The summed E-state index contributed by atoms with van der Waals surface area (Å²) in [6.45, 7) is -0.221. The normalized spacial score (nSPS) is 14.4. The maximum atomic E-state index is 6.63. The Hall–Kier alpha value is -12.2. The fourth-order valence-electron chi connectivity index (χ4n) is 18.9. The smallest absolute Gasteiger partial charge is 0.252 e. The second kappa shape index (κ2) is 19.2. The van der Waals surface area contributed by atoms with E-state index in [2.05, 4.69) is 343 Å². The van der Waals surface area contributed by atoms with Gasteiger partial charge in [0.05, 0.1) is 22.2 Å². The average Bonchev–Trinajstić information content (AvgIpc) is 1.67. The third-order valence-electron chi connectivity index (χ3n) is 22.5. The first-order valence-electron chi connectivity index (χ1n) is 33.6. The zero-order valence-electron chi connectivity index (χ0n) is 52.1. The predicted molar refractivity (Wildman–Crippen MR) is 397 cm³/mol. The second-order valence-electron chi connectivity index (χ2n) is 26.8. The molecule has 4 aliphatic carbocycles. The standard InChI is InChI=1S/C92H55BN2O/c1-3-23-56(24-4-1)59-45-48-80-78(52-59)93-79-53-60(57-25-5-2-6-26-57)46-49-81(79)95(83-43-22-35-70-67-32-12-19-41-77(67)92(89(70)83)74-38-16-9-29-64(74)65-30-10-17-39-75(65)92)85-55-61(58-47-50-87-71(51-58)68-33-13-20-44-86(68)96-87)54-84(90(85)93)94(80)82-42-21-34-69-66-31-11-18-40-76(66)91(88(69)82)72-36-14-7-27-62(72)63-28-8-15-37-73(63)91/h1-55H. The van der Waals surface area contributed by atoms with Gasteiger partial charge in [0.15, 0.2) is 0 Å². The first-order valence-corrected chi connectivity index (χ1v) is 33.6. The molecular formula is C92H55BN2O. The summed E-state index contributed by atoms with van der Waals surface area (Å²) in [5.74, 6) is 0. The van der Waals surface area contributed by atoms with E-state index >= 15 is 0 Å². The summed E-state index contributed by atoms with van der Waals surface area (Å²) in [5.41, 5.74) is 38.7. The predicted octanol–water partition coefficient (Wildman–Crippen LogP) is 21.4. The van der Waals surface area contributed by atoms with Crippen molar-refractivity contribution >= 4 is 79.2 Å². The topological polar surface area (TPSA) is 19.6 Å². The van der Waals surface area contributed by atoms with Crippen molar-refractivity contribution in [2.24, 2.45) is 0 Å². The molecule has 0 saturated heterocycles. The Kier molecular flexibility index (Phi) is 10.5. The molecule has 96 heavy (non-hydrogen) atoms. The highest BCUT2D eigenvalue weighted by atomic mass is 16.3. The van der Waals surface area contributed by atoms with Gasteiger partial charge < -0.3 is 14.2 Å². The van der Waals surface area contributed by atoms with Crippen LogP contribution in [0.15, 0.2) is 338 Å². The molecule has 0 unspecified atom stereocenters. The van der Waals surface area contributed by atoms with E-state index in [1.54, 1.807) is 0 Å². The van der Waals surface area contributed by atoms with E-state index in [0.717, 1.165) is 67.2 Å². The van der Waals surface area contributed by atoms with Crippen molar-refractivity contribution < 1.29 is 4.42 Å². The molecule has 0 bridgehead atoms. The Labute approximate surface area is 556 Å². The summed E-state index contributed by atoms with van der Waals surface area (Å²) in [5, 5.41) is 2.20. The molecule has 0 radical (unpaired) electrons. The van der Waals surface area contributed by atoms with Gasteiger partial charge in [0.1, 0.15) is 11.2 Å². The van der Waals surface area contributed by atoms with Crippen LogP contribution in [0, 0.1) is 0 Å². The average molecular weight is 1220 g/mol. The quantitative estimate of drug-likeness (QED) is 0.160. The Balaban J connectivity index is 0.908. The molecule has 6 aliphatic rings. The number of fused-ring (bicyclic) bond motifs is 27. The molecule has 0 N–H and O–H groups in total. The van der Waals surface area contributed by atoms with Gasteiger partial charge in [-0.1, -0.05) is 279 Å². The van der Waals surface area contributed by atoms with Gasteiger partial charge in [-0.3, -0.25) is 0 Å². The molecule has 1 aromatic heterocycles. The maximum absolute atomic E-state index is 6.63. The highest BCUT2D eigenvalue weighted by Gasteiger charge is 2.57. The van der Waals surface area contributed by atoms with Crippen molar-refractivity contribution in [3.63, 3.8) is 0 Å². The van der Waals surface area contributed by atoms with Gasteiger partial charge in [-0.2, -0.15) is 0 Å². The summed E-state index contributed by atoms with van der Waals surface area (Å²) in [4.78, 5) is 5.43. The molecule has 15 aromatic carbocycles. The number of anilines is 6. The van der Waals surface area contributed by atoms with Crippen LogP contribution in [0.4, 0.5) is 34.1 Å². The van der Waals surface area contributed by atoms with Gasteiger partial charge in [0, 0.05) is 44.6 Å².